The van der Waals surface area contributed by atoms with Gasteiger partial charge in [-0.05, 0) is 64.5 Å². The number of rotatable bonds is 9. The molecule has 1 aromatic heterocycles. The van der Waals surface area contributed by atoms with Gasteiger partial charge in [0.05, 0.1) is 11.2 Å². The van der Waals surface area contributed by atoms with Gasteiger partial charge in [0.2, 0.25) is 0 Å². The number of amides is 2. The summed E-state index contributed by atoms with van der Waals surface area (Å²) in [4.78, 5) is 20.7. The molecule has 2 aliphatic carbocycles. The summed E-state index contributed by atoms with van der Waals surface area (Å²) >= 11 is 1.82. The normalized spacial score (nSPS) is 20.4. The quantitative estimate of drug-likeness (QED) is 0.622. The molecule has 0 saturated heterocycles. The Bertz CT molecular complexity index is 570. The van der Waals surface area contributed by atoms with Crippen LogP contribution in [0.1, 0.15) is 75.3 Å². The Balaban J connectivity index is 1.32. The molecule has 2 N–H and O–H groups in total. The second kappa shape index (κ2) is 11.0. The van der Waals surface area contributed by atoms with Crippen LogP contribution in [-0.4, -0.2) is 47.6 Å². The van der Waals surface area contributed by atoms with Crippen molar-refractivity contribution in [3.8, 4) is 0 Å². The van der Waals surface area contributed by atoms with E-state index in [1.54, 1.807) is 0 Å². The SMILES string of the molecule is CCCN(CCCCNC(=O)NC1CCCCC1)C1CCc2ncsc2C1. The van der Waals surface area contributed by atoms with Crippen LogP contribution >= 0.6 is 11.3 Å². The van der Waals surface area contributed by atoms with Gasteiger partial charge >= 0.3 is 6.03 Å². The molecule has 2 amide bonds. The number of thiazole rings is 1. The van der Waals surface area contributed by atoms with Crippen molar-refractivity contribution in [3.05, 3.63) is 16.1 Å². The van der Waals surface area contributed by atoms with E-state index < -0.39 is 0 Å². The standard InChI is InChI=1S/C21H36N4OS/c1-2-13-25(18-10-11-19-20(15-18)27-16-23-19)14-7-6-12-22-21(26)24-17-8-4-3-5-9-17/h16-18H,2-15H2,1H3,(H2,22,24,26). The van der Waals surface area contributed by atoms with Crippen molar-refractivity contribution >= 4 is 17.4 Å². The number of nitrogens with zero attached hydrogens (tertiary/aromatic N) is 2. The fraction of sp³-hybridized carbons (Fsp3) is 0.810. The Morgan fingerprint density at radius 2 is 2.07 bits per heavy atom. The highest BCUT2D eigenvalue weighted by Gasteiger charge is 2.25. The molecule has 2 aliphatic rings. The number of nitrogens with one attached hydrogen (secondary N) is 2. The zero-order valence-electron chi connectivity index (χ0n) is 16.8. The fourth-order valence-electron chi connectivity index (χ4n) is 4.48. The van der Waals surface area contributed by atoms with E-state index in [9.17, 15) is 4.79 Å². The number of urea groups is 1. The van der Waals surface area contributed by atoms with Gasteiger partial charge in [0.15, 0.2) is 0 Å². The van der Waals surface area contributed by atoms with Gasteiger partial charge in [0.25, 0.3) is 0 Å². The zero-order valence-corrected chi connectivity index (χ0v) is 17.7. The van der Waals surface area contributed by atoms with Crippen LogP contribution in [0.2, 0.25) is 0 Å². The summed E-state index contributed by atoms with van der Waals surface area (Å²) in [6.45, 7) is 5.36. The van der Waals surface area contributed by atoms with Gasteiger partial charge in [-0.2, -0.15) is 0 Å². The highest BCUT2D eigenvalue weighted by molar-refractivity contribution is 7.09. The average Bonchev–Trinajstić information content (AvgIpc) is 3.15. The fourth-order valence-corrected chi connectivity index (χ4v) is 5.37. The van der Waals surface area contributed by atoms with Crippen molar-refractivity contribution in [2.75, 3.05) is 19.6 Å². The van der Waals surface area contributed by atoms with Crippen molar-refractivity contribution in [1.29, 1.82) is 0 Å². The maximum absolute atomic E-state index is 12.0. The first-order valence-corrected chi connectivity index (χ1v) is 11.8. The van der Waals surface area contributed by atoms with Gasteiger partial charge in [0.1, 0.15) is 0 Å². The van der Waals surface area contributed by atoms with Gasteiger partial charge in [-0.15, -0.1) is 11.3 Å². The maximum Gasteiger partial charge on any atom is 0.315 e. The Morgan fingerprint density at radius 1 is 1.22 bits per heavy atom. The summed E-state index contributed by atoms with van der Waals surface area (Å²) in [5.41, 5.74) is 3.34. The molecule has 1 saturated carbocycles. The molecule has 3 rings (SSSR count). The molecule has 0 aliphatic heterocycles. The van der Waals surface area contributed by atoms with E-state index >= 15 is 0 Å². The second-order valence-electron chi connectivity index (χ2n) is 8.10. The van der Waals surface area contributed by atoms with Crippen LogP contribution in [0, 0.1) is 0 Å². The largest absolute Gasteiger partial charge is 0.338 e. The van der Waals surface area contributed by atoms with Crippen molar-refractivity contribution in [1.82, 2.24) is 20.5 Å². The molecular weight excluding hydrogens is 356 g/mol. The number of hydrogen-bond acceptors (Lipinski definition) is 4. The van der Waals surface area contributed by atoms with E-state index in [1.165, 1.54) is 55.6 Å². The van der Waals surface area contributed by atoms with Crippen molar-refractivity contribution in [3.63, 3.8) is 0 Å². The third-order valence-electron chi connectivity index (χ3n) is 5.99. The van der Waals surface area contributed by atoms with Crippen molar-refractivity contribution in [2.24, 2.45) is 0 Å². The Hall–Kier alpha value is -1.14. The van der Waals surface area contributed by atoms with Crippen molar-refractivity contribution in [2.45, 2.75) is 89.6 Å². The molecule has 6 heteroatoms. The second-order valence-corrected chi connectivity index (χ2v) is 9.04. The topological polar surface area (TPSA) is 57.3 Å². The summed E-state index contributed by atoms with van der Waals surface area (Å²) in [5.74, 6) is 0. The van der Waals surface area contributed by atoms with Gasteiger partial charge in [0, 0.05) is 23.5 Å². The smallest absolute Gasteiger partial charge is 0.315 e. The Morgan fingerprint density at radius 3 is 2.89 bits per heavy atom. The molecule has 0 aromatic carbocycles. The number of carbonyl (C=O) groups excluding carboxylic acids is 1. The van der Waals surface area contributed by atoms with E-state index in [1.807, 2.05) is 16.8 Å². The number of unbranched alkanes of at least 4 members (excludes halogenated alkanes) is 1. The first-order valence-electron chi connectivity index (χ1n) is 11.0. The Kier molecular flexibility index (Phi) is 8.39. The van der Waals surface area contributed by atoms with Crippen LogP contribution < -0.4 is 10.6 Å². The van der Waals surface area contributed by atoms with Gasteiger partial charge in [-0.25, -0.2) is 9.78 Å². The third kappa shape index (κ3) is 6.46. The molecule has 1 fully saturated rings. The molecule has 5 nitrogen and oxygen atoms in total. The molecule has 1 unspecified atom stereocenters. The Labute approximate surface area is 168 Å². The summed E-state index contributed by atoms with van der Waals surface area (Å²) in [6.07, 6.45) is 13.0. The van der Waals surface area contributed by atoms with Gasteiger partial charge < -0.3 is 15.5 Å². The molecule has 152 valence electrons. The number of carbonyl (C=O) groups is 1. The minimum atomic E-state index is 0.0253. The predicted molar refractivity (Wildman–Crippen MR) is 112 cm³/mol. The molecule has 0 bridgehead atoms. The van der Waals surface area contributed by atoms with E-state index in [4.69, 9.17) is 0 Å². The lowest BCUT2D eigenvalue weighted by Gasteiger charge is -2.33. The van der Waals surface area contributed by atoms with Crippen LogP contribution in [-0.2, 0) is 12.8 Å². The lowest BCUT2D eigenvalue weighted by molar-refractivity contribution is 0.176. The molecule has 1 aromatic rings. The molecular formula is C21H36N4OS. The van der Waals surface area contributed by atoms with Gasteiger partial charge in [-0.3, -0.25) is 0 Å². The predicted octanol–water partition coefficient (Wildman–Crippen LogP) is 4.12. The highest BCUT2D eigenvalue weighted by atomic mass is 32.1. The van der Waals surface area contributed by atoms with E-state index in [2.05, 4.69) is 27.4 Å². The summed E-state index contributed by atoms with van der Waals surface area (Å²) < 4.78 is 0. The molecule has 0 radical (unpaired) electrons. The van der Waals surface area contributed by atoms with Crippen LogP contribution in [0.3, 0.4) is 0 Å². The molecule has 0 spiro atoms. The lowest BCUT2D eigenvalue weighted by Crippen LogP contribution is -2.43. The van der Waals surface area contributed by atoms with Gasteiger partial charge in [-0.1, -0.05) is 26.2 Å². The molecule has 1 heterocycles. The number of fused-ring (bicyclic) bond motifs is 1. The zero-order chi connectivity index (χ0) is 18.9. The first kappa shape index (κ1) is 20.6. The van der Waals surface area contributed by atoms with Crippen molar-refractivity contribution < 1.29 is 4.79 Å². The minimum Gasteiger partial charge on any atom is -0.338 e. The highest BCUT2D eigenvalue weighted by Crippen LogP contribution is 2.27. The van der Waals surface area contributed by atoms with Crippen LogP contribution in [0.25, 0.3) is 0 Å². The lowest BCUT2D eigenvalue weighted by atomic mass is 9.96. The summed E-state index contributed by atoms with van der Waals surface area (Å²) in [6, 6.07) is 1.08. The molecule has 1 atom stereocenters. The van der Waals surface area contributed by atoms with Crippen LogP contribution in [0.5, 0.6) is 0 Å². The first-order chi connectivity index (χ1) is 13.3. The molecule has 27 heavy (non-hydrogen) atoms. The number of hydrogen-bond donors (Lipinski definition) is 2. The van der Waals surface area contributed by atoms with E-state index in [0.717, 1.165) is 45.2 Å². The monoisotopic (exact) mass is 392 g/mol. The minimum absolute atomic E-state index is 0.0253. The maximum atomic E-state index is 12.0. The van der Waals surface area contributed by atoms with Crippen LogP contribution in [0.15, 0.2) is 5.51 Å². The average molecular weight is 393 g/mol. The van der Waals surface area contributed by atoms with E-state index in [-0.39, 0.29) is 6.03 Å². The number of aromatic nitrogens is 1. The number of aryl methyl sites for hydroxylation is 1. The summed E-state index contributed by atoms with van der Waals surface area (Å²) in [7, 11) is 0. The van der Waals surface area contributed by atoms with Crippen LogP contribution in [0.4, 0.5) is 4.79 Å². The third-order valence-corrected chi connectivity index (χ3v) is 6.88. The van der Waals surface area contributed by atoms with E-state index in [0.29, 0.717) is 12.1 Å². The summed E-state index contributed by atoms with van der Waals surface area (Å²) in [5, 5.41) is 6.18.